The Labute approximate surface area is 103 Å². The number of carbonyl (C=O) groups excluding carboxylic acids is 1. The Bertz CT molecular complexity index is 170. The van der Waals surface area contributed by atoms with Crippen LogP contribution in [0.15, 0.2) is 12.2 Å². The molecule has 0 amide bonds. The van der Waals surface area contributed by atoms with Crippen molar-refractivity contribution in [1.82, 2.24) is 0 Å². The van der Waals surface area contributed by atoms with Gasteiger partial charge in [-0.3, -0.25) is 0 Å². The van der Waals surface area contributed by atoms with Crippen LogP contribution in [0.2, 0.25) is 0 Å². The average molecular weight is 194 g/mol. The van der Waals surface area contributed by atoms with Crippen molar-refractivity contribution >= 4 is 19.4 Å². The van der Waals surface area contributed by atoms with Gasteiger partial charge in [-0.1, -0.05) is 0 Å². The Balaban J connectivity index is -0.0000000733. The van der Waals surface area contributed by atoms with E-state index in [1.165, 1.54) is 0 Å². The Morgan fingerprint density at radius 3 is 1.57 bits per heavy atom. The van der Waals surface area contributed by atoms with E-state index in [0.29, 0.717) is 12.2 Å². The van der Waals surface area contributed by atoms with E-state index in [4.69, 9.17) is 10.1 Å². The fourth-order valence-corrected chi connectivity index (χ4v) is 0.139. The summed E-state index contributed by atoms with van der Waals surface area (Å²) in [4.78, 5) is 19.0. The molecule has 0 aromatic carbocycles. The zero-order chi connectivity index (χ0) is 10.1. The topological polar surface area (TPSA) is 100 Å². The zero-order valence-corrected chi connectivity index (χ0v) is 7.57. The zero-order valence-electron chi connectivity index (χ0n) is 7.57. The summed E-state index contributed by atoms with van der Waals surface area (Å²) in [5.41, 5.74) is 0. The normalized spacial score (nSPS) is 7.36. The van der Waals surface area contributed by atoms with Crippen molar-refractivity contribution in [2.75, 3.05) is 0 Å². The fraction of sp³-hybridized carbons (Fsp3) is 0. The van der Waals surface area contributed by atoms with Crippen LogP contribution < -0.4 is 47.9 Å². The van der Waals surface area contributed by atoms with Crippen LogP contribution in [0.5, 0.6) is 0 Å². The molecule has 0 atom stereocenters. The molecule has 0 rings (SSSR count). The summed E-state index contributed by atoms with van der Waals surface area (Å²) in [6.45, 7) is 0. The van der Waals surface area contributed by atoms with Gasteiger partial charge >= 0.3 is 51.2 Å². The molecule has 0 radical (unpaired) electrons. The monoisotopic (exact) mass is 194 g/mol. The molecule has 0 heterocycles. The van der Waals surface area contributed by atoms with Crippen molar-refractivity contribution in [3.05, 3.63) is 12.2 Å². The third kappa shape index (κ3) is 60.1. The first-order chi connectivity index (χ1) is 5.36. The number of hydrogen-bond acceptors (Lipinski definition) is 4. The van der Waals surface area contributed by atoms with Gasteiger partial charge in [-0.25, -0.2) is 4.79 Å². The van der Waals surface area contributed by atoms with Gasteiger partial charge in [0.25, 0.3) is 0 Å². The first-order valence-electron chi connectivity index (χ1n) is 2.42. The minimum Gasteiger partial charge on any atom is -0.824 e. The Kier molecular flexibility index (Phi) is 25.6. The van der Waals surface area contributed by atoms with Gasteiger partial charge in [0.1, 0.15) is 0 Å². The van der Waals surface area contributed by atoms with E-state index in [-0.39, 0.29) is 37.7 Å². The molecule has 0 aliphatic rings. The van der Waals surface area contributed by atoms with Crippen LogP contribution >= 0.6 is 0 Å². The number of carboxylic acid groups (broad SMARTS) is 2. The minimum absolute atomic E-state index is 0. The second-order valence-electron chi connectivity index (χ2n) is 1.25. The van der Waals surface area contributed by atoms with Crippen LogP contribution in [0.25, 0.3) is 0 Å². The summed E-state index contributed by atoms with van der Waals surface area (Å²) >= 11 is 0. The summed E-state index contributed by atoms with van der Waals surface area (Å²) in [6, 6.07) is 0. The average Bonchev–Trinajstić information content (AvgIpc) is 1.82. The molecule has 1 N–H and O–H groups in total. The maximum absolute atomic E-state index is 9.78. The molecule has 5 nitrogen and oxygen atoms in total. The van der Waals surface area contributed by atoms with E-state index in [9.17, 15) is 23.3 Å². The number of carboxylic acids is 2. The molecule has 0 fully saturated rings. The molecule has 0 spiro atoms. The van der Waals surface area contributed by atoms with Crippen LogP contribution in [-0.2, 0) is 9.59 Å². The Hall–Kier alpha value is -0.240. The summed E-state index contributed by atoms with van der Waals surface area (Å²) in [6.07, 6.45) is 0.942. The van der Waals surface area contributed by atoms with Crippen molar-refractivity contribution in [2.45, 2.75) is 0 Å². The third-order valence-electron chi connectivity index (χ3n) is 0.362. The smallest absolute Gasteiger partial charge is 0.824 e. The number of rotatable bonds is 2. The third-order valence-corrected chi connectivity index (χ3v) is 0.362. The summed E-state index contributed by atoms with van der Waals surface area (Å²) < 4.78 is 19.6. The molecule has 0 aromatic heterocycles. The maximum atomic E-state index is 9.78. The molecule has 0 saturated heterocycles. The molecule has 10 heteroatoms. The van der Waals surface area contributed by atoms with Crippen molar-refractivity contribution in [3.63, 3.8) is 0 Å². The largest absolute Gasteiger partial charge is 1.00 e. The van der Waals surface area contributed by atoms with Gasteiger partial charge in [-0.2, -0.15) is 0 Å². The Morgan fingerprint density at radius 1 is 1.21 bits per heavy atom. The van der Waals surface area contributed by atoms with E-state index in [1.807, 2.05) is 0 Å². The van der Waals surface area contributed by atoms with Crippen molar-refractivity contribution in [2.24, 2.45) is 0 Å². The Morgan fingerprint density at radius 2 is 1.50 bits per heavy atom. The van der Waals surface area contributed by atoms with Gasteiger partial charge in [0.2, 0.25) is 0 Å². The predicted octanol–water partition coefficient (Wildman–Crippen LogP) is -8.34. The molecular formula is C4H3BF2Li2O5. The molecule has 0 bridgehead atoms. The SMILES string of the molecule is O=C([O-])/C=C\C(=O)O.[Li+].[Li+].[O-]B(F)F. The van der Waals surface area contributed by atoms with Gasteiger partial charge in [-0.15, -0.1) is 0 Å². The number of hydrogen-bond donors (Lipinski definition) is 1. The van der Waals surface area contributed by atoms with E-state index < -0.39 is 19.4 Å². The number of halogens is 2. The summed E-state index contributed by atoms with van der Waals surface area (Å²) in [5, 5.41) is 25.4. The van der Waals surface area contributed by atoms with E-state index >= 15 is 0 Å². The molecular weight excluding hydrogens is 191 g/mol. The minimum atomic E-state index is -3.42. The van der Waals surface area contributed by atoms with Crippen molar-refractivity contribution < 1.29 is 71.2 Å². The van der Waals surface area contributed by atoms with Crippen LogP contribution in [0.3, 0.4) is 0 Å². The van der Waals surface area contributed by atoms with Crippen LogP contribution in [-0.4, -0.2) is 24.5 Å². The molecule has 0 aliphatic carbocycles. The van der Waals surface area contributed by atoms with Gasteiger partial charge in [0.05, 0.1) is 5.97 Å². The molecule has 14 heavy (non-hydrogen) atoms. The quantitative estimate of drug-likeness (QED) is 0.347. The van der Waals surface area contributed by atoms with Gasteiger partial charge in [0, 0.05) is 6.08 Å². The predicted molar refractivity (Wildman–Crippen MR) is 29.8 cm³/mol. The van der Waals surface area contributed by atoms with E-state index in [2.05, 4.69) is 0 Å². The molecule has 68 valence electrons. The number of aliphatic carboxylic acids is 2. The van der Waals surface area contributed by atoms with Crippen LogP contribution in [0.1, 0.15) is 0 Å². The van der Waals surface area contributed by atoms with Gasteiger partial charge in [-0.05, 0) is 6.08 Å². The fourth-order valence-electron chi connectivity index (χ4n) is 0.139. The first-order valence-corrected chi connectivity index (χ1v) is 2.42. The van der Waals surface area contributed by atoms with Crippen LogP contribution in [0, 0.1) is 0 Å². The van der Waals surface area contributed by atoms with Gasteiger partial charge < -0.3 is 28.7 Å². The second kappa shape index (κ2) is 15.2. The van der Waals surface area contributed by atoms with Crippen LogP contribution in [0.4, 0.5) is 8.63 Å². The standard InChI is InChI=1S/C4H4O4.BF2O.2Li/c5-3(6)1-2-4(7)8;2-1(3)4;;/h1-2H,(H,5,6)(H,7,8);;;/q;-1;2*+1/p-1/b2-1-;;;. The van der Waals surface area contributed by atoms with Crippen molar-refractivity contribution in [3.8, 4) is 0 Å². The van der Waals surface area contributed by atoms with Gasteiger partial charge in [0.15, 0.2) is 0 Å². The van der Waals surface area contributed by atoms with E-state index in [0.717, 1.165) is 0 Å². The summed E-state index contributed by atoms with van der Waals surface area (Å²) in [5.74, 6) is -2.80. The maximum Gasteiger partial charge on any atom is 1.00 e. The van der Waals surface area contributed by atoms with E-state index in [1.54, 1.807) is 0 Å². The molecule has 0 aliphatic heterocycles. The molecule has 0 saturated carbocycles. The second-order valence-corrected chi connectivity index (χ2v) is 1.25. The molecule has 0 unspecified atom stereocenters. The van der Waals surface area contributed by atoms with Crippen molar-refractivity contribution in [1.29, 1.82) is 0 Å². The summed E-state index contributed by atoms with van der Waals surface area (Å²) in [7, 11) is -3.42. The first kappa shape index (κ1) is 23.5. The molecule has 0 aromatic rings. The number of carbonyl (C=O) groups is 2.